The molecule has 146 valence electrons. The molecular weight excluding hydrogens is 455 g/mol. The molecule has 1 fully saturated rings. The molecule has 0 spiro atoms. The van der Waals surface area contributed by atoms with Crippen LogP contribution in [0.2, 0.25) is 0 Å². The number of anilines is 1. The molecule has 1 aliphatic heterocycles. The maximum atomic E-state index is 11.8. The molecule has 1 aromatic carbocycles. The van der Waals surface area contributed by atoms with Gasteiger partial charge in [0, 0.05) is 57.7 Å². The van der Waals surface area contributed by atoms with Crippen molar-refractivity contribution in [3.8, 4) is 0 Å². The zero-order valence-electron chi connectivity index (χ0n) is 15.6. The zero-order valence-corrected chi connectivity index (χ0v) is 17.9. The monoisotopic (exact) mass is 482 g/mol. The van der Waals surface area contributed by atoms with Crippen molar-refractivity contribution in [1.29, 1.82) is 0 Å². The number of carbonyl (C=O) groups excluding carboxylic acids is 1. The number of rotatable bonds is 7. The lowest BCUT2D eigenvalue weighted by Gasteiger charge is -2.16. The Morgan fingerprint density at radius 3 is 2.70 bits per heavy atom. The molecule has 0 radical (unpaired) electrons. The summed E-state index contributed by atoms with van der Waals surface area (Å²) in [5.41, 5.74) is 2.14. The first-order chi connectivity index (χ1) is 12.8. The highest BCUT2D eigenvalue weighted by molar-refractivity contribution is 14.0. The Hall–Kier alpha value is -2.10. The van der Waals surface area contributed by atoms with E-state index in [1.165, 1.54) is 0 Å². The van der Waals surface area contributed by atoms with Gasteiger partial charge in [0.15, 0.2) is 5.96 Å². The van der Waals surface area contributed by atoms with Crippen molar-refractivity contribution < 1.29 is 4.79 Å². The summed E-state index contributed by atoms with van der Waals surface area (Å²) in [6, 6.07) is 10.1. The fraction of sp³-hybridized carbons (Fsp3) is 0.421. The van der Waals surface area contributed by atoms with Crippen molar-refractivity contribution in [2.24, 2.45) is 4.99 Å². The zero-order chi connectivity index (χ0) is 18.2. The van der Waals surface area contributed by atoms with Crippen LogP contribution >= 0.6 is 24.0 Å². The number of guanidine groups is 1. The van der Waals surface area contributed by atoms with Gasteiger partial charge in [0.1, 0.15) is 0 Å². The average molecular weight is 482 g/mol. The predicted molar refractivity (Wildman–Crippen MR) is 118 cm³/mol. The number of carbonyl (C=O) groups is 1. The van der Waals surface area contributed by atoms with Crippen LogP contribution in [0.15, 0.2) is 47.7 Å². The molecule has 1 amide bonds. The van der Waals surface area contributed by atoms with Crippen LogP contribution in [0.25, 0.3) is 0 Å². The molecule has 3 rings (SSSR count). The van der Waals surface area contributed by atoms with Crippen molar-refractivity contribution in [2.75, 3.05) is 25.0 Å². The summed E-state index contributed by atoms with van der Waals surface area (Å²) < 4.78 is 1.92. The quantitative estimate of drug-likeness (QED) is 0.275. The molecule has 0 saturated carbocycles. The van der Waals surface area contributed by atoms with E-state index in [-0.39, 0.29) is 29.9 Å². The molecule has 0 bridgehead atoms. The van der Waals surface area contributed by atoms with Gasteiger partial charge in [0.25, 0.3) is 0 Å². The largest absolute Gasteiger partial charge is 0.356 e. The first kappa shape index (κ1) is 21.2. The summed E-state index contributed by atoms with van der Waals surface area (Å²) in [6.07, 6.45) is 6.34. The van der Waals surface area contributed by atoms with E-state index in [2.05, 4.69) is 32.9 Å². The summed E-state index contributed by atoms with van der Waals surface area (Å²) in [4.78, 5) is 17.9. The second-order valence-electron chi connectivity index (χ2n) is 6.29. The number of aliphatic imine (C=N–C) groups is 1. The topological polar surface area (TPSA) is 74.6 Å². The third-order valence-corrected chi connectivity index (χ3v) is 4.42. The molecule has 27 heavy (non-hydrogen) atoms. The van der Waals surface area contributed by atoms with Gasteiger partial charge in [-0.05, 0) is 36.6 Å². The Balaban J connectivity index is 0.00000261. The van der Waals surface area contributed by atoms with Gasteiger partial charge in [-0.15, -0.1) is 24.0 Å². The molecule has 0 unspecified atom stereocenters. The Bertz CT molecular complexity index is 729. The highest BCUT2D eigenvalue weighted by Gasteiger charge is 2.21. The number of aryl methyl sites for hydroxylation is 1. The standard InChI is InChI=1S/C19H26N6O.HI/c1-20-19(21-10-3-12-24-13-4-11-23-24)22-15-16-6-8-17(9-7-16)25-14-2-5-18(25)26;/h4,6-9,11,13H,2-3,5,10,12,14-15H2,1H3,(H2,20,21,22);1H. The van der Waals surface area contributed by atoms with Crippen LogP contribution in [0.1, 0.15) is 24.8 Å². The van der Waals surface area contributed by atoms with Crippen molar-refractivity contribution >= 4 is 41.5 Å². The smallest absolute Gasteiger partial charge is 0.227 e. The number of aromatic nitrogens is 2. The Morgan fingerprint density at radius 2 is 2.07 bits per heavy atom. The lowest BCUT2D eigenvalue weighted by atomic mass is 10.2. The average Bonchev–Trinajstić information content (AvgIpc) is 3.33. The SMILES string of the molecule is CN=C(NCCCn1cccn1)NCc1ccc(N2CCCC2=O)cc1.I. The molecule has 1 aliphatic rings. The van der Waals surface area contributed by atoms with Crippen LogP contribution in [-0.4, -0.2) is 41.8 Å². The van der Waals surface area contributed by atoms with Gasteiger partial charge < -0.3 is 15.5 Å². The molecule has 2 aromatic rings. The van der Waals surface area contributed by atoms with Crippen molar-refractivity contribution in [3.05, 3.63) is 48.3 Å². The minimum Gasteiger partial charge on any atom is -0.356 e. The molecule has 2 N–H and O–H groups in total. The molecule has 0 aliphatic carbocycles. The van der Waals surface area contributed by atoms with E-state index in [0.29, 0.717) is 13.0 Å². The van der Waals surface area contributed by atoms with E-state index in [1.807, 2.05) is 34.0 Å². The second kappa shape index (κ2) is 10.9. The third kappa shape index (κ3) is 6.23. The maximum absolute atomic E-state index is 11.8. The van der Waals surface area contributed by atoms with Gasteiger partial charge in [0.2, 0.25) is 5.91 Å². The van der Waals surface area contributed by atoms with Crippen LogP contribution in [0.5, 0.6) is 0 Å². The fourth-order valence-electron chi connectivity index (χ4n) is 3.00. The summed E-state index contributed by atoms with van der Waals surface area (Å²) in [5, 5.41) is 10.8. The minimum atomic E-state index is 0. The normalized spacial score (nSPS) is 14.2. The lowest BCUT2D eigenvalue weighted by molar-refractivity contribution is -0.117. The minimum absolute atomic E-state index is 0. The second-order valence-corrected chi connectivity index (χ2v) is 6.29. The van der Waals surface area contributed by atoms with E-state index in [9.17, 15) is 4.79 Å². The van der Waals surface area contributed by atoms with Gasteiger partial charge in [0.05, 0.1) is 0 Å². The molecule has 0 atom stereocenters. The number of hydrogen-bond donors (Lipinski definition) is 2. The molecule has 8 heteroatoms. The van der Waals surface area contributed by atoms with Crippen LogP contribution < -0.4 is 15.5 Å². The summed E-state index contributed by atoms with van der Waals surface area (Å²) >= 11 is 0. The van der Waals surface area contributed by atoms with E-state index >= 15 is 0 Å². The van der Waals surface area contributed by atoms with Crippen molar-refractivity contribution in [3.63, 3.8) is 0 Å². The number of hydrogen-bond acceptors (Lipinski definition) is 3. The first-order valence-corrected chi connectivity index (χ1v) is 9.07. The van der Waals surface area contributed by atoms with Crippen LogP contribution in [0.3, 0.4) is 0 Å². The number of amides is 1. The van der Waals surface area contributed by atoms with Gasteiger partial charge in [-0.25, -0.2) is 0 Å². The Labute approximate surface area is 177 Å². The van der Waals surface area contributed by atoms with Crippen molar-refractivity contribution in [1.82, 2.24) is 20.4 Å². The highest BCUT2D eigenvalue weighted by atomic mass is 127. The van der Waals surface area contributed by atoms with E-state index in [4.69, 9.17) is 0 Å². The Morgan fingerprint density at radius 1 is 1.26 bits per heavy atom. The fourth-order valence-corrected chi connectivity index (χ4v) is 3.00. The van der Waals surface area contributed by atoms with E-state index < -0.39 is 0 Å². The first-order valence-electron chi connectivity index (χ1n) is 9.07. The predicted octanol–water partition coefficient (Wildman–Crippen LogP) is 2.38. The lowest BCUT2D eigenvalue weighted by Crippen LogP contribution is -2.37. The maximum Gasteiger partial charge on any atom is 0.227 e. The van der Waals surface area contributed by atoms with Crippen molar-refractivity contribution in [2.45, 2.75) is 32.4 Å². The highest BCUT2D eigenvalue weighted by Crippen LogP contribution is 2.21. The van der Waals surface area contributed by atoms with Gasteiger partial charge >= 0.3 is 0 Å². The summed E-state index contributed by atoms with van der Waals surface area (Å²) in [7, 11) is 1.77. The molecule has 1 aromatic heterocycles. The molecule has 7 nitrogen and oxygen atoms in total. The number of nitrogens with one attached hydrogen (secondary N) is 2. The Kier molecular flexibility index (Phi) is 8.56. The van der Waals surface area contributed by atoms with E-state index in [1.54, 1.807) is 13.2 Å². The molecular formula is C19H27IN6O. The number of benzene rings is 1. The summed E-state index contributed by atoms with van der Waals surface area (Å²) in [5.74, 6) is 1.000. The summed E-state index contributed by atoms with van der Waals surface area (Å²) in [6.45, 7) is 3.22. The van der Waals surface area contributed by atoms with Crippen LogP contribution in [0, 0.1) is 0 Å². The van der Waals surface area contributed by atoms with Crippen LogP contribution in [0.4, 0.5) is 5.69 Å². The van der Waals surface area contributed by atoms with Crippen LogP contribution in [-0.2, 0) is 17.9 Å². The molecule has 2 heterocycles. The van der Waals surface area contributed by atoms with Gasteiger partial charge in [-0.3, -0.25) is 14.5 Å². The van der Waals surface area contributed by atoms with E-state index in [0.717, 1.165) is 49.7 Å². The van der Waals surface area contributed by atoms with Gasteiger partial charge in [-0.1, -0.05) is 12.1 Å². The molecule has 1 saturated heterocycles. The number of nitrogens with zero attached hydrogens (tertiary/aromatic N) is 4. The van der Waals surface area contributed by atoms with Gasteiger partial charge in [-0.2, -0.15) is 5.10 Å². The number of halogens is 1. The third-order valence-electron chi connectivity index (χ3n) is 4.42.